The third-order valence-electron chi connectivity index (χ3n) is 2.78. The Morgan fingerprint density at radius 2 is 1.79 bits per heavy atom. The van der Waals surface area contributed by atoms with E-state index in [1.165, 1.54) is 7.11 Å². The van der Waals surface area contributed by atoms with Crippen LogP contribution < -0.4 is 0 Å². The van der Waals surface area contributed by atoms with Gasteiger partial charge < -0.3 is 9.84 Å². The number of halogens is 1. The molecule has 0 saturated heterocycles. The van der Waals surface area contributed by atoms with Crippen molar-refractivity contribution in [3.05, 3.63) is 59.1 Å². The molecule has 98 valence electrons. The molecule has 1 unspecified atom stereocenters. The zero-order chi connectivity index (χ0) is 13.8. The van der Waals surface area contributed by atoms with Crippen LogP contribution in [-0.2, 0) is 9.53 Å². The quantitative estimate of drug-likeness (QED) is 0.876. The molecule has 0 aromatic heterocycles. The van der Waals surface area contributed by atoms with Gasteiger partial charge in [-0.25, -0.2) is 4.79 Å². The average Bonchev–Trinajstić information content (AvgIpc) is 2.46. The number of aliphatic hydroxyl groups excluding tert-OH is 1. The maximum absolute atomic E-state index is 11.3. The third kappa shape index (κ3) is 3.13. The van der Waals surface area contributed by atoms with Gasteiger partial charge in [0.25, 0.3) is 0 Å². The van der Waals surface area contributed by atoms with Crippen LogP contribution >= 0.6 is 11.6 Å². The standard InChI is InChI=1S/C15H13ClO3/c1-19-15(18)14(17)12-6-2-4-10(8-12)11-5-3-7-13(16)9-11/h2-9,14,17H,1H3. The SMILES string of the molecule is COC(=O)C(O)c1cccc(-c2cccc(Cl)c2)c1. The summed E-state index contributed by atoms with van der Waals surface area (Å²) in [4.78, 5) is 11.3. The van der Waals surface area contributed by atoms with Gasteiger partial charge in [0.05, 0.1) is 7.11 Å². The lowest BCUT2D eigenvalue weighted by Gasteiger charge is -2.10. The van der Waals surface area contributed by atoms with Gasteiger partial charge >= 0.3 is 5.97 Å². The van der Waals surface area contributed by atoms with Gasteiger partial charge in [-0.2, -0.15) is 0 Å². The van der Waals surface area contributed by atoms with Crippen molar-refractivity contribution in [2.75, 3.05) is 7.11 Å². The molecule has 19 heavy (non-hydrogen) atoms. The first-order valence-electron chi connectivity index (χ1n) is 5.73. The summed E-state index contributed by atoms with van der Waals surface area (Å²) in [6.45, 7) is 0. The second kappa shape index (κ2) is 5.87. The van der Waals surface area contributed by atoms with Gasteiger partial charge in [0.15, 0.2) is 6.10 Å². The van der Waals surface area contributed by atoms with Crippen LogP contribution in [0.3, 0.4) is 0 Å². The molecule has 0 heterocycles. The molecular weight excluding hydrogens is 264 g/mol. The summed E-state index contributed by atoms with van der Waals surface area (Å²) in [5.74, 6) is -0.678. The van der Waals surface area contributed by atoms with Crippen molar-refractivity contribution in [2.24, 2.45) is 0 Å². The van der Waals surface area contributed by atoms with Crippen molar-refractivity contribution in [1.29, 1.82) is 0 Å². The fraction of sp³-hybridized carbons (Fsp3) is 0.133. The molecule has 2 aromatic rings. The molecule has 0 aliphatic heterocycles. The molecule has 0 saturated carbocycles. The maximum Gasteiger partial charge on any atom is 0.339 e. The maximum atomic E-state index is 11.3. The number of rotatable bonds is 3. The van der Waals surface area contributed by atoms with E-state index in [4.69, 9.17) is 11.6 Å². The van der Waals surface area contributed by atoms with Crippen LogP contribution in [0.1, 0.15) is 11.7 Å². The number of carbonyl (C=O) groups is 1. The second-order valence-corrected chi connectivity index (χ2v) is 4.50. The van der Waals surface area contributed by atoms with E-state index in [1.54, 1.807) is 24.3 Å². The Hall–Kier alpha value is -1.84. The normalized spacial score (nSPS) is 11.9. The summed E-state index contributed by atoms with van der Waals surface area (Å²) >= 11 is 5.95. The van der Waals surface area contributed by atoms with Gasteiger partial charge in [0.1, 0.15) is 0 Å². The first-order chi connectivity index (χ1) is 9.11. The second-order valence-electron chi connectivity index (χ2n) is 4.06. The first kappa shape index (κ1) is 13.6. The molecule has 0 aliphatic rings. The third-order valence-corrected chi connectivity index (χ3v) is 3.02. The van der Waals surface area contributed by atoms with Gasteiger partial charge in [0.2, 0.25) is 0 Å². The minimum Gasteiger partial charge on any atom is -0.467 e. The average molecular weight is 277 g/mol. The Kier molecular flexibility index (Phi) is 4.20. The van der Waals surface area contributed by atoms with Gasteiger partial charge in [-0.3, -0.25) is 0 Å². The number of ether oxygens (including phenoxy) is 1. The molecule has 1 atom stereocenters. The summed E-state index contributed by atoms with van der Waals surface area (Å²) in [6, 6.07) is 14.5. The molecule has 0 aliphatic carbocycles. The van der Waals surface area contributed by atoms with Gasteiger partial charge in [0, 0.05) is 5.02 Å². The number of methoxy groups -OCH3 is 1. The molecule has 0 bridgehead atoms. The zero-order valence-electron chi connectivity index (χ0n) is 10.3. The van der Waals surface area contributed by atoms with Crippen LogP contribution in [0.25, 0.3) is 11.1 Å². The number of carbonyl (C=O) groups excluding carboxylic acids is 1. The fourth-order valence-corrected chi connectivity index (χ4v) is 1.99. The molecule has 2 rings (SSSR count). The van der Waals surface area contributed by atoms with E-state index < -0.39 is 12.1 Å². The van der Waals surface area contributed by atoms with E-state index in [1.807, 2.05) is 24.3 Å². The van der Waals surface area contributed by atoms with E-state index in [-0.39, 0.29) is 0 Å². The Balaban J connectivity index is 2.37. The van der Waals surface area contributed by atoms with Crippen molar-refractivity contribution in [3.63, 3.8) is 0 Å². The number of aliphatic hydroxyl groups is 1. The van der Waals surface area contributed by atoms with Crippen molar-refractivity contribution < 1.29 is 14.6 Å². The van der Waals surface area contributed by atoms with E-state index in [9.17, 15) is 9.90 Å². The van der Waals surface area contributed by atoms with Crippen LogP contribution in [0, 0.1) is 0 Å². The number of hydrogen-bond donors (Lipinski definition) is 1. The number of benzene rings is 2. The van der Waals surface area contributed by atoms with E-state index in [2.05, 4.69) is 4.74 Å². The Bertz CT molecular complexity index is 595. The Morgan fingerprint density at radius 3 is 2.42 bits per heavy atom. The zero-order valence-corrected chi connectivity index (χ0v) is 11.1. The molecule has 3 nitrogen and oxygen atoms in total. The molecule has 0 fully saturated rings. The van der Waals surface area contributed by atoms with Crippen LogP contribution in [0.5, 0.6) is 0 Å². The minimum absolute atomic E-state index is 0.490. The molecule has 0 radical (unpaired) electrons. The summed E-state index contributed by atoms with van der Waals surface area (Å²) in [5, 5.41) is 10.4. The highest BCUT2D eigenvalue weighted by Gasteiger charge is 2.18. The largest absolute Gasteiger partial charge is 0.467 e. The smallest absolute Gasteiger partial charge is 0.339 e. The van der Waals surface area contributed by atoms with Crippen molar-refractivity contribution in [3.8, 4) is 11.1 Å². The van der Waals surface area contributed by atoms with Crippen molar-refractivity contribution in [2.45, 2.75) is 6.10 Å². The highest BCUT2D eigenvalue weighted by atomic mass is 35.5. The first-order valence-corrected chi connectivity index (χ1v) is 6.11. The molecule has 1 N–H and O–H groups in total. The highest BCUT2D eigenvalue weighted by molar-refractivity contribution is 6.30. The summed E-state index contributed by atoms with van der Waals surface area (Å²) in [7, 11) is 1.24. The van der Waals surface area contributed by atoms with Crippen LogP contribution in [-0.4, -0.2) is 18.2 Å². The van der Waals surface area contributed by atoms with Crippen LogP contribution in [0.4, 0.5) is 0 Å². The molecule has 4 heteroatoms. The predicted octanol–water partition coefficient (Wildman–Crippen LogP) is 3.21. The minimum atomic E-state index is -1.27. The Morgan fingerprint density at radius 1 is 1.16 bits per heavy atom. The van der Waals surface area contributed by atoms with Gasteiger partial charge in [-0.15, -0.1) is 0 Å². The molecule has 2 aromatic carbocycles. The lowest BCUT2D eigenvalue weighted by atomic mass is 10.0. The highest BCUT2D eigenvalue weighted by Crippen LogP contribution is 2.25. The summed E-state index contributed by atoms with van der Waals surface area (Å²) in [5.41, 5.74) is 2.29. The molecule has 0 spiro atoms. The predicted molar refractivity (Wildman–Crippen MR) is 73.9 cm³/mol. The van der Waals surface area contributed by atoms with Gasteiger partial charge in [-0.05, 0) is 34.9 Å². The number of hydrogen-bond acceptors (Lipinski definition) is 3. The molecule has 0 amide bonds. The van der Waals surface area contributed by atoms with Crippen LogP contribution in [0.15, 0.2) is 48.5 Å². The number of esters is 1. The van der Waals surface area contributed by atoms with Crippen LogP contribution in [0.2, 0.25) is 5.02 Å². The monoisotopic (exact) mass is 276 g/mol. The lowest BCUT2D eigenvalue weighted by molar-refractivity contribution is -0.150. The Labute approximate surface area is 116 Å². The van der Waals surface area contributed by atoms with Gasteiger partial charge in [-0.1, -0.05) is 41.9 Å². The van der Waals surface area contributed by atoms with E-state index in [0.29, 0.717) is 10.6 Å². The van der Waals surface area contributed by atoms with E-state index >= 15 is 0 Å². The van der Waals surface area contributed by atoms with E-state index in [0.717, 1.165) is 11.1 Å². The topological polar surface area (TPSA) is 46.5 Å². The van der Waals surface area contributed by atoms with Crippen molar-refractivity contribution >= 4 is 17.6 Å². The molecular formula is C15H13ClO3. The summed E-state index contributed by atoms with van der Waals surface area (Å²) < 4.78 is 4.52. The lowest BCUT2D eigenvalue weighted by Crippen LogP contribution is -2.13. The fourth-order valence-electron chi connectivity index (χ4n) is 1.80. The van der Waals surface area contributed by atoms with Crippen molar-refractivity contribution in [1.82, 2.24) is 0 Å². The summed E-state index contributed by atoms with van der Waals surface area (Å²) in [6.07, 6.45) is -1.27.